The quantitative estimate of drug-likeness (QED) is 0.216. The fraction of sp³-hybridized carbons (Fsp3) is 0.600. The van der Waals surface area contributed by atoms with Gasteiger partial charge in [-0.25, -0.2) is 4.79 Å². The van der Waals surface area contributed by atoms with E-state index in [1.165, 1.54) is 0 Å². The summed E-state index contributed by atoms with van der Waals surface area (Å²) in [5, 5.41) is 30.2. The van der Waals surface area contributed by atoms with E-state index < -0.39 is 54.9 Å². The molecule has 0 spiro atoms. The summed E-state index contributed by atoms with van der Waals surface area (Å²) in [4.78, 5) is 44.7. The molecule has 2 amide bonds. The molecule has 120 valence electrons. The van der Waals surface area contributed by atoms with E-state index in [1.54, 1.807) is 0 Å². The van der Waals surface area contributed by atoms with Crippen molar-refractivity contribution in [1.82, 2.24) is 10.6 Å². The molecule has 0 bridgehead atoms. The van der Waals surface area contributed by atoms with Crippen molar-refractivity contribution in [3.63, 3.8) is 0 Å². The number of aliphatic carboxylic acids is 2. The molecule has 10 nitrogen and oxygen atoms in total. The van der Waals surface area contributed by atoms with Gasteiger partial charge in [0.1, 0.15) is 18.1 Å². The van der Waals surface area contributed by atoms with Crippen LogP contribution in [0.5, 0.6) is 0 Å². The molecule has 0 saturated heterocycles. The lowest BCUT2D eigenvalue weighted by atomic mass is 10.1. The summed E-state index contributed by atoms with van der Waals surface area (Å²) in [5.41, 5.74) is 5.22. The first-order chi connectivity index (χ1) is 9.72. The molecule has 3 atom stereocenters. The molecule has 0 aromatic carbocycles. The van der Waals surface area contributed by atoms with Crippen molar-refractivity contribution in [2.45, 2.75) is 24.5 Å². The maximum absolute atomic E-state index is 11.8. The van der Waals surface area contributed by atoms with E-state index in [9.17, 15) is 19.2 Å². The van der Waals surface area contributed by atoms with Gasteiger partial charge in [-0.05, 0) is 0 Å². The smallest absolute Gasteiger partial charge is 0.327 e. The van der Waals surface area contributed by atoms with Crippen molar-refractivity contribution in [3.8, 4) is 0 Å². The fourth-order valence-electron chi connectivity index (χ4n) is 1.20. The second-order valence-electron chi connectivity index (χ2n) is 4.03. The molecule has 0 rings (SSSR count). The number of carbonyl (C=O) groups excluding carboxylic acids is 2. The number of hydrogen-bond acceptors (Lipinski definition) is 7. The molecule has 7 N–H and O–H groups in total. The Bertz CT molecular complexity index is 417. The van der Waals surface area contributed by atoms with Crippen molar-refractivity contribution in [1.29, 1.82) is 0 Å². The number of nitrogens with two attached hydrogens (primary N) is 1. The van der Waals surface area contributed by atoms with Gasteiger partial charge in [0.05, 0.1) is 13.0 Å². The number of aliphatic hydroxyl groups excluding tert-OH is 1. The van der Waals surface area contributed by atoms with Gasteiger partial charge < -0.3 is 31.7 Å². The molecule has 0 aromatic heterocycles. The number of hydrogen-bond donors (Lipinski definition) is 7. The van der Waals surface area contributed by atoms with Gasteiger partial charge >= 0.3 is 11.9 Å². The van der Waals surface area contributed by atoms with Crippen molar-refractivity contribution < 1.29 is 34.5 Å². The number of rotatable bonds is 9. The first-order valence-electron chi connectivity index (χ1n) is 5.75. The summed E-state index contributed by atoms with van der Waals surface area (Å²) in [6, 6.07) is -4.18. The van der Waals surface area contributed by atoms with Crippen molar-refractivity contribution in [3.05, 3.63) is 0 Å². The zero-order valence-corrected chi connectivity index (χ0v) is 11.7. The maximum atomic E-state index is 11.8. The Labute approximate surface area is 125 Å². The molecule has 0 radical (unpaired) electrons. The number of aliphatic hydroxyl groups is 1. The Morgan fingerprint density at radius 2 is 1.57 bits per heavy atom. The highest BCUT2D eigenvalue weighted by molar-refractivity contribution is 7.80. The van der Waals surface area contributed by atoms with Gasteiger partial charge in [-0.15, -0.1) is 0 Å². The summed E-state index contributed by atoms with van der Waals surface area (Å²) in [6.07, 6.45) is -0.769. The number of carboxylic acid groups (broad SMARTS) is 2. The van der Waals surface area contributed by atoms with Crippen LogP contribution in [0.2, 0.25) is 0 Å². The lowest BCUT2D eigenvalue weighted by molar-refractivity contribution is -0.143. The van der Waals surface area contributed by atoms with Crippen LogP contribution in [0.15, 0.2) is 0 Å². The summed E-state index contributed by atoms with van der Waals surface area (Å²) in [5.74, 6) is -4.89. The molecule has 3 unspecified atom stereocenters. The monoisotopic (exact) mass is 323 g/mol. The van der Waals surface area contributed by atoms with E-state index in [0.717, 1.165) is 0 Å². The minimum Gasteiger partial charge on any atom is -0.481 e. The van der Waals surface area contributed by atoms with Crippen LogP contribution >= 0.6 is 12.6 Å². The molecular weight excluding hydrogens is 306 g/mol. The lowest BCUT2D eigenvalue weighted by Crippen LogP contribution is -2.56. The highest BCUT2D eigenvalue weighted by atomic mass is 32.1. The minimum atomic E-state index is -1.52. The first-order valence-corrected chi connectivity index (χ1v) is 6.38. The molecule has 11 heteroatoms. The third-order valence-corrected chi connectivity index (χ3v) is 2.71. The van der Waals surface area contributed by atoms with Crippen LogP contribution in [0.1, 0.15) is 6.42 Å². The standard InChI is InChI=1S/C10H17N3O7S/c11-4(2-14)8(17)12-5(1-7(15)16)9(18)13-6(3-21)10(19)20/h4-6,14,21H,1-3,11H2,(H,12,17)(H,13,18)(H,15,16)(H,19,20). The Hall–Kier alpha value is -1.85. The molecule has 0 saturated carbocycles. The van der Waals surface area contributed by atoms with Crippen LogP contribution in [0.4, 0.5) is 0 Å². The summed E-state index contributed by atoms with van der Waals surface area (Å²) in [7, 11) is 0. The minimum absolute atomic E-state index is 0.217. The van der Waals surface area contributed by atoms with Gasteiger partial charge in [-0.1, -0.05) is 0 Å². The molecule has 0 aliphatic heterocycles. The normalized spacial score (nSPS) is 14.6. The van der Waals surface area contributed by atoms with E-state index in [-0.39, 0.29) is 5.75 Å². The van der Waals surface area contributed by atoms with Crippen LogP contribution in [0, 0.1) is 0 Å². The predicted molar refractivity (Wildman–Crippen MR) is 72.7 cm³/mol. The van der Waals surface area contributed by atoms with Crippen LogP contribution in [-0.4, -0.2) is 69.6 Å². The van der Waals surface area contributed by atoms with E-state index in [0.29, 0.717) is 0 Å². The Kier molecular flexibility index (Phi) is 8.35. The number of carboxylic acids is 2. The molecular formula is C10H17N3O7S. The topological polar surface area (TPSA) is 179 Å². The Balaban J connectivity index is 4.88. The summed E-state index contributed by atoms with van der Waals surface area (Å²) in [6.45, 7) is -0.693. The van der Waals surface area contributed by atoms with Crippen LogP contribution < -0.4 is 16.4 Å². The lowest BCUT2D eigenvalue weighted by Gasteiger charge is -2.20. The highest BCUT2D eigenvalue weighted by Crippen LogP contribution is 1.97. The van der Waals surface area contributed by atoms with Gasteiger partial charge in [0.25, 0.3) is 0 Å². The molecule has 0 aliphatic rings. The van der Waals surface area contributed by atoms with E-state index in [2.05, 4.69) is 12.6 Å². The van der Waals surface area contributed by atoms with Gasteiger partial charge in [-0.2, -0.15) is 12.6 Å². The Morgan fingerprint density at radius 3 is 1.95 bits per heavy atom. The number of thiol groups is 1. The molecule has 21 heavy (non-hydrogen) atoms. The van der Waals surface area contributed by atoms with Crippen molar-refractivity contribution in [2.75, 3.05) is 12.4 Å². The van der Waals surface area contributed by atoms with Crippen molar-refractivity contribution in [2.24, 2.45) is 5.73 Å². The predicted octanol–water partition coefficient (Wildman–Crippen LogP) is -3.24. The number of carbonyl (C=O) groups is 4. The van der Waals surface area contributed by atoms with Gasteiger partial charge in [0.15, 0.2) is 0 Å². The first kappa shape index (κ1) is 19.1. The Morgan fingerprint density at radius 1 is 1.05 bits per heavy atom. The second kappa shape index (κ2) is 9.15. The average Bonchev–Trinajstić information content (AvgIpc) is 2.41. The van der Waals surface area contributed by atoms with E-state index >= 15 is 0 Å². The van der Waals surface area contributed by atoms with Crippen LogP contribution in [-0.2, 0) is 19.2 Å². The zero-order valence-electron chi connectivity index (χ0n) is 10.9. The van der Waals surface area contributed by atoms with Crippen LogP contribution in [0.25, 0.3) is 0 Å². The molecule has 0 aliphatic carbocycles. The van der Waals surface area contributed by atoms with Crippen molar-refractivity contribution >= 4 is 36.4 Å². The molecule has 0 heterocycles. The number of nitrogens with one attached hydrogen (secondary N) is 2. The maximum Gasteiger partial charge on any atom is 0.327 e. The summed E-state index contributed by atoms with van der Waals surface area (Å²) >= 11 is 3.73. The third kappa shape index (κ3) is 6.92. The molecule has 0 fully saturated rings. The van der Waals surface area contributed by atoms with Gasteiger partial charge in [0, 0.05) is 5.75 Å². The summed E-state index contributed by atoms with van der Waals surface area (Å²) < 4.78 is 0. The van der Waals surface area contributed by atoms with Gasteiger partial charge in [-0.3, -0.25) is 14.4 Å². The SMILES string of the molecule is NC(CO)C(=O)NC(CC(=O)O)C(=O)NC(CS)C(=O)O. The largest absolute Gasteiger partial charge is 0.481 e. The van der Waals surface area contributed by atoms with E-state index in [4.69, 9.17) is 21.1 Å². The zero-order chi connectivity index (χ0) is 16.6. The van der Waals surface area contributed by atoms with Gasteiger partial charge in [0.2, 0.25) is 11.8 Å². The highest BCUT2D eigenvalue weighted by Gasteiger charge is 2.28. The second-order valence-corrected chi connectivity index (χ2v) is 4.40. The third-order valence-electron chi connectivity index (χ3n) is 2.34. The number of amides is 2. The van der Waals surface area contributed by atoms with Crippen LogP contribution in [0.3, 0.4) is 0 Å². The molecule has 0 aromatic rings. The fourth-order valence-corrected chi connectivity index (χ4v) is 1.45. The average molecular weight is 323 g/mol. The van der Waals surface area contributed by atoms with E-state index in [1.807, 2.05) is 10.6 Å².